The highest BCUT2D eigenvalue weighted by Crippen LogP contribution is 2.06. The zero-order valence-corrected chi connectivity index (χ0v) is 7.39. The molecule has 2 rings (SSSR count). The van der Waals surface area contributed by atoms with Crippen LogP contribution in [0.4, 0.5) is 4.39 Å². The van der Waals surface area contributed by atoms with Crippen molar-refractivity contribution < 1.29 is 4.39 Å². The lowest BCUT2D eigenvalue weighted by atomic mass is 10.1. The minimum Gasteiger partial charge on any atom is -0.303 e. The van der Waals surface area contributed by atoms with Crippen LogP contribution in [0.1, 0.15) is 5.56 Å². The van der Waals surface area contributed by atoms with Gasteiger partial charge in [-0.05, 0) is 24.1 Å². The van der Waals surface area contributed by atoms with Gasteiger partial charge in [-0.25, -0.2) is 4.39 Å². The number of benzene rings is 1. The lowest BCUT2D eigenvalue weighted by Crippen LogP contribution is -2.25. The summed E-state index contributed by atoms with van der Waals surface area (Å²) in [7, 11) is 0. The summed E-state index contributed by atoms with van der Waals surface area (Å²) in [6, 6.07) is 7.20. The first-order valence-electron chi connectivity index (χ1n) is 4.53. The average molecular weight is 180 g/mol. The quantitative estimate of drug-likeness (QED) is 0.706. The molecule has 1 heterocycles. The molecule has 1 saturated heterocycles. The Morgan fingerprint density at radius 2 is 2.08 bits per heavy atom. The first-order valence-corrected chi connectivity index (χ1v) is 4.53. The Morgan fingerprint density at radius 3 is 2.69 bits per heavy atom. The van der Waals surface area contributed by atoms with Gasteiger partial charge in [-0.1, -0.05) is 12.1 Å². The largest absolute Gasteiger partial charge is 0.303 e. The summed E-state index contributed by atoms with van der Waals surface area (Å²) in [5.74, 6) is -0.166. The maximum absolute atomic E-state index is 12.6. The lowest BCUT2D eigenvalue weighted by molar-refractivity contribution is 0.616. The predicted molar refractivity (Wildman–Crippen MR) is 49.9 cm³/mol. The Morgan fingerprint density at radius 1 is 1.31 bits per heavy atom. The van der Waals surface area contributed by atoms with Gasteiger partial charge >= 0.3 is 0 Å². The highest BCUT2D eigenvalue weighted by molar-refractivity contribution is 5.17. The molecule has 3 heteroatoms. The second kappa shape index (κ2) is 3.85. The molecule has 0 aromatic heterocycles. The van der Waals surface area contributed by atoms with Crippen LogP contribution in [-0.4, -0.2) is 19.3 Å². The van der Waals surface area contributed by atoms with Crippen molar-refractivity contribution >= 4 is 0 Å². The van der Waals surface area contributed by atoms with Crippen molar-refractivity contribution in [1.82, 2.24) is 10.6 Å². The van der Waals surface area contributed by atoms with Crippen LogP contribution in [0.5, 0.6) is 0 Å². The fourth-order valence-electron chi connectivity index (χ4n) is 1.58. The molecule has 0 spiro atoms. The lowest BCUT2D eigenvalue weighted by Gasteiger charge is -2.08. The van der Waals surface area contributed by atoms with Crippen LogP contribution in [0.15, 0.2) is 24.3 Å². The number of hydrogen-bond acceptors (Lipinski definition) is 2. The van der Waals surface area contributed by atoms with Crippen LogP contribution in [0, 0.1) is 5.82 Å². The summed E-state index contributed by atoms with van der Waals surface area (Å²) in [6.45, 7) is 1.88. The monoisotopic (exact) mass is 180 g/mol. The van der Waals surface area contributed by atoms with E-state index in [4.69, 9.17) is 0 Å². The molecule has 0 aliphatic carbocycles. The summed E-state index contributed by atoms with van der Waals surface area (Å²) in [5, 5.41) is 6.53. The van der Waals surface area contributed by atoms with Gasteiger partial charge in [-0.2, -0.15) is 0 Å². The van der Waals surface area contributed by atoms with Crippen molar-refractivity contribution in [3.63, 3.8) is 0 Å². The van der Waals surface area contributed by atoms with Crippen LogP contribution < -0.4 is 10.6 Å². The first kappa shape index (κ1) is 8.66. The van der Waals surface area contributed by atoms with Crippen LogP contribution in [0.25, 0.3) is 0 Å². The summed E-state index contributed by atoms with van der Waals surface area (Å²) < 4.78 is 12.6. The average Bonchev–Trinajstić information content (AvgIpc) is 2.62. The molecule has 13 heavy (non-hydrogen) atoms. The Bertz CT molecular complexity index is 265. The third kappa shape index (κ3) is 2.26. The molecule has 0 amide bonds. The van der Waals surface area contributed by atoms with Crippen molar-refractivity contribution in [3.05, 3.63) is 35.6 Å². The SMILES string of the molecule is Fc1ccc(CC2CNCN2)cc1. The highest BCUT2D eigenvalue weighted by Gasteiger charge is 2.13. The number of hydrogen-bond donors (Lipinski definition) is 2. The van der Waals surface area contributed by atoms with E-state index in [1.807, 2.05) is 12.1 Å². The minimum absolute atomic E-state index is 0.166. The van der Waals surface area contributed by atoms with E-state index in [-0.39, 0.29) is 5.82 Å². The molecule has 1 aromatic carbocycles. The normalized spacial score (nSPS) is 22.1. The summed E-state index contributed by atoms with van der Waals surface area (Å²) in [4.78, 5) is 0. The Hall–Kier alpha value is -0.930. The topological polar surface area (TPSA) is 24.1 Å². The van der Waals surface area contributed by atoms with Gasteiger partial charge < -0.3 is 10.6 Å². The fraction of sp³-hybridized carbons (Fsp3) is 0.400. The second-order valence-electron chi connectivity index (χ2n) is 3.36. The van der Waals surface area contributed by atoms with E-state index < -0.39 is 0 Å². The smallest absolute Gasteiger partial charge is 0.123 e. The van der Waals surface area contributed by atoms with Crippen molar-refractivity contribution in [3.8, 4) is 0 Å². The van der Waals surface area contributed by atoms with E-state index in [2.05, 4.69) is 10.6 Å². The van der Waals surface area contributed by atoms with Crippen molar-refractivity contribution in [2.45, 2.75) is 12.5 Å². The fourth-order valence-corrected chi connectivity index (χ4v) is 1.58. The summed E-state index contributed by atoms with van der Waals surface area (Å²) >= 11 is 0. The third-order valence-electron chi connectivity index (χ3n) is 2.30. The maximum Gasteiger partial charge on any atom is 0.123 e. The van der Waals surface area contributed by atoms with Crippen molar-refractivity contribution in [1.29, 1.82) is 0 Å². The molecule has 2 N–H and O–H groups in total. The van der Waals surface area contributed by atoms with Gasteiger partial charge in [0.2, 0.25) is 0 Å². The molecule has 0 bridgehead atoms. The molecule has 1 aliphatic heterocycles. The van der Waals surface area contributed by atoms with Gasteiger partial charge in [0.05, 0.1) is 0 Å². The van der Waals surface area contributed by atoms with E-state index in [9.17, 15) is 4.39 Å². The Labute approximate surface area is 77.2 Å². The molecule has 0 saturated carbocycles. The molecule has 2 nitrogen and oxygen atoms in total. The predicted octanol–water partition coefficient (Wildman–Crippen LogP) is 0.887. The van der Waals surface area contributed by atoms with E-state index >= 15 is 0 Å². The molecule has 1 fully saturated rings. The van der Waals surface area contributed by atoms with E-state index in [0.29, 0.717) is 6.04 Å². The summed E-state index contributed by atoms with van der Waals surface area (Å²) in [6.07, 6.45) is 0.966. The van der Waals surface area contributed by atoms with Gasteiger partial charge in [-0.15, -0.1) is 0 Å². The highest BCUT2D eigenvalue weighted by atomic mass is 19.1. The van der Waals surface area contributed by atoms with Gasteiger partial charge in [-0.3, -0.25) is 0 Å². The van der Waals surface area contributed by atoms with E-state index in [1.165, 1.54) is 17.7 Å². The molecule has 70 valence electrons. The third-order valence-corrected chi connectivity index (χ3v) is 2.30. The molecule has 1 unspecified atom stereocenters. The number of nitrogens with one attached hydrogen (secondary N) is 2. The van der Waals surface area contributed by atoms with Crippen LogP contribution >= 0.6 is 0 Å². The maximum atomic E-state index is 12.6. The van der Waals surface area contributed by atoms with Gasteiger partial charge in [0.25, 0.3) is 0 Å². The Kier molecular flexibility index (Phi) is 2.57. The van der Waals surface area contributed by atoms with E-state index in [1.54, 1.807) is 0 Å². The minimum atomic E-state index is -0.166. The molecular weight excluding hydrogens is 167 g/mol. The standard InChI is InChI=1S/C10H13FN2/c11-9-3-1-8(2-4-9)5-10-6-12-7-13-10/h1-4,10,12-13H,5-7H2. The number of halogens is 1. The summed E-state index contributed by atoms with van der Waals surface area (Å²) in [5.41, 5.74) is 1.18. The van der Waals surface area contributed by atoms with Crippen LogP contribution in [0.3, 0.4) is 0 Å². The van der Waals surface area contributed by atoms with Crippen molar-refractivity contribution in [2.24, 2.45) is 0 Å². The first-order chi connectivity index (χ1) is 6.34. The number of rotatable bonds is 2. The molecule has 1 aromatic rings. The molecular formula is C10H13FN2. The van der Waals surface area contributed by atoms with E-state index in [0.717, 1.165) is 19.6 Å². The zero-order valence-electron chi connectivity index (χ0n) is 7.39. The molecule has 1 atom stereocenters. The van der Waals surface area contributed by atoms with Gasteiger partial charge in [0.15, 0.2) is 0 Å². The van der Waals surface area contributed by atoms with Gasteiger partial charge in [0.1, 0.15) is 5.82 Å². The van der Waals surface area contributed by atoms with Crippen molar-refractivity contribution in [2.75, 3.05) is 13.2 Å². The molecule has 1 aliphatic rings. The molecule has 0 radical (unpaired) electrons. The van der Waals surface area contributed by atoms with Gasteiger partial charge in [0, 0.05) is 19.3 Å². The zero-order chi connectivity index (χ0) is 9.10. The van der Waals surface area contributed by atoms with Crippen LogP contribution in [0.2, 0.25) is 0 Å². The van der Waals surface area contributed by atoms with Crippen LogP contribution in [-0.2, 0) is 6.42 Å². The Balaban J connectivity index is 1.97. The second-order valence-corrected chi connectivity index (χ2v) is 3.36.